The minimum absolute atomic E-state index is 0.162. The van der Waals surface area contributed by atoms with E-state index in [4.69, 9.17) is 9.90 Å². The summed E-state index contributed by atoms with van der Waals surface area (Å²) in [6, 6.07) is 41.7. The lowest BCUT2D eigenvalue weighted by Gasteiger charge is -2.18. The normalized spacial score (nSPS) is 13.3. The van der Waals surface area contributed by atoms with Crippen LogP contribution in [0.3, 0.4) is 0 Å². The van der Waals surface area contributed by atoms with Crippen LogP contribution < -0.4 is 0 Å². The molecule has 0 saturated carbocycles. The lowest BCUT2D eigenvalue weighted by Crippen LogP contribution is -1.91. The fraction of sp³-hybridized carbons (Fsp3) is 0. The number of hydrogen-bond acceptors (Lipinski definition) is 1. The molecule has 0 amide bonds. The summed E-state index contributed by atoms with van der Waals surface area (Å²) in [5.41, 5.74) is 6.20. The Hall–Kier alpha value is -5.66. The van der Waals surface area contributed by atoms with Crippen LogP contribution in [-0.2, 0) is 0 Å². The van der Waals surface area contributed by atoms with Gasteiger partial charge in [-0.2, -0.15) is 0 Å². The third-order valence-corrected chi connectivity index (χ3v) is 8.46. The monoisotopic (exact) mass is 551 g/mol. The molecule has 0 spiro atoms. The standard InChI is InChI=1S/C42H26O/c1-3-14-27(15-4-1)36-26-37-41-35(24-13-25-38(41)43-42(37)34-23-12-7-18-29(34)36)40-32-21-10-8-19-30(32)39(28-16-5-2-6-17-28)31-20-9-11-22-33(31)40/h1-26H/i7D,12D,18D,23D,26D. The summed E-state index contributed by atoms with van der Waals surface area (Å²) in [4.78, 5) is 0. The van der Waals surface area contributed by atoms with E-state index in [1.54, 1.807) is 0 Å². The van der Waals surface area contributed by atoms with Crippen LogP contribution in [-0.4, -0.2) is 0 Å². The molecule has 1 nitrogen and oxygen atoms in total. The zero-order valence-corrected chi connectivity index (χ0v) is 23.0. The second kappa shape index (κ2) is 9.44. The van der Waals surface area contributed by atoms with Gasteiger partial charge < -0.3 is 4.42 Å². The molecule has 200 valence electrons. The van der Waals surface area contributed by atoms with Crippen molar-refractivity contribution in [1.82, 2.24) is 0 Å². The summed E-state index contributed by atoms with van der Waals surface area (Å²) in [5.74, 6) is 0. The van der Waals surface area contributed by atoms with Crippen LogP contribution in [0, 0.1) is 0 Å². The lowest BCUT2D eigenvalue weighted by molar-refractivity contribution is 0.673. The molecule has 0 aliphatic carbocycles. The van der Waals surface area contributed by atoms with Gasteiger partial charge in [-0.1, -0.05) is 145 Å². The van der Waals surface area contributed by atoms with Gasteiger partial charge in [0, 0.05) is 16.2 Å². The van der Waals surface area contributed by atoms with Gasteiger partial charge in [0.25, 0.3) is 0 Å². The fourth-order valence-corrected chi connectivity index (χ4v) is 6.67. The number of fused-ring (bicyclic) bond motifs is 7. The first-order chi connectivity index (χ1) is 23.5. The van der Waals surface area contributed by atoms with Crippen molar-refractivity contribution >= 4 is 54.3 Å². The molecule has 9 rings (SSSR count). The van der Waals surface area contributed by atoms with E-state index in [0.717, 1.165) is 49.2 Å². The zero-order valence-electron chi connectivity index (χ0n) is 28.0. The summed E-state index contributed by atoms with van der Waals surface area (Å²) in [6.45, 7) is 0. The average Bonchev–Trinajstić information content (AvgIpc) is 3.53. The zero-order chi connectivity index (χ0) is 32.7. The molecule has 0 bridgehead atoms. The van der Waals surface area contributed by atoms with Crippen molar-refractivity contribution in [2.75, 3.05) is 0 Å². The average molecular weight is 552 g/mol. The highest BCUT2D eigenvalue weighted by Gasteiger charge is 2.21. The number of benzene rings is 8. The minimum Gasteiger partial charge on any atom is -0.455 e. The number of rotatable bonds is 3. The van der Waals surface area contributed by atoms with Gasteiger partial charge in [-0.25, -0.2) is 0 Å². The van der Waals surface area contributed by atoms with E-state index in [0.29, 0.717) is 27.7 Å². The quantitative estimate of drug-likeness (QED) is 0.199. The van der Waals surface area contributed by atoms with Crippen LogP contribution in [0.4, 0.5) is 0 Å². The van der Waals surface area contributed by atoms with E-state index >= 15 is 0 Å². The molecule has 0 unspecified atom stereocenters. The van der Waals surface area contributed by atoms with Crippen molar-refractivity contribution in [3.8, 4) is 33.4 Å². The molecule has 8 aromatic carbocycles. The van der Waals surface area contributed by atoms with Gasteiger partial charge in [0.15, 0.2) is 0 Å². The van der Waals surface area contributed by atoms with Crippen molar-refractivity contribution in [2.45, 2.75) is 0 Å². The predicted molar refractivity (Wildman–Crippen MR) is 183 cm³/mol. The van der Waals surface area contributed by atoms with Gasteiger partial charge >= 0.3 is 0 Å². The van der Waals surface area contributed by atoms with Gasteiger partial charge in [-0.3, -0.25) is 0 Å². The van der Waals surface area contributed by atoms with Gasteiger partial charge in [0.2, 0.25) is 0 Å². The maximum atomic E-state index is 9.77. The first-order valence-corrected chi connectivity index (χ1v) is 14.4. The van der Waals surface area contributed by atoms with E-state index in [2.05, 4.69) is 78.9 Å². The molecule has 0 aliphatic heterocycles. The third kappa shape index (κ3) is 3.58. The molecule has 0 atom stereocenters. The summed E-state index contributed by atoms with van der Waals surface area (Å²) >= 11 is 0. The Morgan fingerprint density at radius 3 is 1.63 bits per heavy atom. The summed E-state index contributed by atoms with van der Waals surface area (Å²) < 4.78 is 51.4. The van der Waals surface area contributed by atoms with Crippen molar-refractivity contribution in [3.63, 3.8) is 0 Å². The first-order valence-electron chi connectivity index (χ1n) is 16.9. The maximum absolute atomic E-state index is 9.77. The lowest BCUT2D eigenvalue weighted by atomic mass is 9.84. The molecule has 0 radical (unpaired) electrons. The van der Waals surface area contributed by atoms with Crippen LogP contribution in [0.5, 0.6) is 0 Å². The molecule has 0 saturated heterocycles. The van der Waals surface area contributed by atoms with Gasteiger partial charge in [0.05, 0.1) is 6.85 Å². The van der Waals surface area contributed by atoms with Crippen LogP contribution >= 0.6 is 0 Å². The van der Waals surface area contributed by atoms with Crippen molar-refractivity contribution in [1.29, 1.82) is 0 Å². The highest BCUT2D eigenvalue weighted by atomic mass is 16.3. The Kier molecular flexibility index (Phi) is 4.27. The van der Waals surface area contributed by atoms with E-state index in [9.17, 15) is 1.37 Å². The SMILES string of the molecule is [2H]c1c([2H])c([2H])c2c(c1[2H])c(-c1ccccc1)c([2H])c1c2oc2cccc(-c3c4ccccc4c(-c4ccccc4)c4ccccc34)c21. The van der Waals surface area contributed by atoms with Gasteiger partial charge in [0.1, 0.15) is 11.2 Å². The topological polar surface area (TPSA) is 13.1 Å². The van der Waals surface area contributed by atoms with E-state index in [1.807, 2.05) is 48.5 Å². The highest BCUT2D eigenvalue weighted by Crippen LogP contribution is 2.48. The second-order valence-corrected chi connectivity index (χ2v) is 10.8. The summed E-state index contributed by atoms with van der Waals surface area (Å²) in [6.07, 6.45) is 0. The van der Waals surface area contributed by atoms with E-state index in [-0.39, 0.29) is 41.0 Å². The molecule has 0 aliphatic rings. The molecule has 0 N–H and O–H groups in total. The molecule has 1 aromatic heterocycles. The predicted octanol–water partition coefficient (Wildman–Crippen LogP) is 12.0. The molecular formula is C42H26O. The van der Waals surface area contributed by atoms with Crippen LogP contribution in [0.25, 0.3) is 87.6 Å². The largest absolute Gasteiger partial charge is 0.455 e. The van der Waals surface area contributed by atoms with Crippen LogP contribution in [0.2, 0.25) is 0 Å². The highest BCUT2D eigenvalue weighted by molar-refractivity contribution is 6.27. The Labute approximate surface area is 256 Å². The maximum Gasteiger partial charge on any atom is 0.143 e. The number of furan rings is 1. The summed E-state index contributed by atoms with van der Waals surface area (Å²) in [7, 11) is 0. The van der Waals surface area contributed by atoms with Crippen molar-refractivity contribution < 1.29 is 11.3 Å². The van der Waals surface area contributed by atoms with Gasteiger partial charge in [-0.15, -0.1) is 0 Å². The van der Waals surface area contributed by atoms with E-state index in [1.165, 1.54) is 0 Å². The minimum atomic E-state index is -0.336. The Morgan fingerprint density at radius 1 is 0.419 bits per heavy atom. The third-order valence-electron chi connectivity index (χ3n) is 8.46. The molecule has 1 heteroatoms. The fourth-order valence-electron chi connectivity index (χ4n) is 6.67. The molecule has 9 aromatic rings. The molecular weight excluding hydrogens is 520 g/mol. The molecule has 1 heterocycles. The van der Waals surface area contributed by atoms with Crippen LogP contribution in [0.15, 0.2) is 162 Å². The Bertz CT molecular complexity index is 2710. The van der Waals surface area contributed by atoms with Crippen molar-refractivity contribution in [2.24, 2.45) is 0 Å². The second-order valence-electron chi connectivity index (χ2n) is 10.8. The summed E-state index contributed by atoms with van der Waals surface area (Å²) in [5, 5.41) is 6.18. The Morgan fingerprint density at radius 2 is 0.977 bits per heavy atom. The molecule has 43 heavy (non-hydrogen) atoms. The van der Waals surface area contributed by atoms with Gasteiger partial charge in [-0.05, 0) is 72.4 Å². The number of hydrogen-bond donors (Lipinski definition) is 0. The Balaban J connectivity index is 1.51. The van der Waals surface area contributed by atoms with Crippen LogP contribution in [0.1, 0.15) is 6.85 Å². The van der Waals surface area contributed by atoms with Crippen molar-refractivity contribution in [3.05, 3.63) is 158 Å². The smallest absolute Gasteiger partial charge is 0.143 e. The molecule has 0 fully saturated rings. The van der Waals surface area contributed by atoms with E-state index < -0.39 is 0 Å². The first kappa shape index (κ1) is 19.5.